The highest BCUT2D eigenvalue weighted by Crippen LogP contribution is 1.86. The summed E-state index contributed by atoms with van der Waals surface area (Å²) in [6.45, 7) is 1.44. The zero-order chi connectivity index (χ0) is 5.82. The number of hydrogen-bond donors (Lipinski definition) is 1. The maximum absolute atomic E-state index is 10.5. The summed E-state index contributed by atoms with van der Waals surface area (Å²) in [6, 6.07) is 0. The van der Waals surface area contributed by atoms with Gasteiger partial charge in [-0.2, -0.15) is 0 Å². The van der Waals surface area contributed by atoms with Crippen LogP contribution in [0.15, 0.2) is 12.2 Å². The molecule has 0 aliphatic carbocycles. The van der Waals surface area contributed by atoms with Crippen LogP contribution in [-0.4, -0.2) is 18.9 Å². The van der Waals surface area contributed by atoms with E-state index in [1.807, 2.05) is 6.08 Å². The van der Waals surface area contributed by atoms with Gasteiger partial charge in [0, 0.05) is 0 Å². The molecule has 0 bridgehead atoms. The van der Waals surface area contributed by atoms with Crippen LogP contribution in [0.1, 0.15) is 6.42 Å². The lowest BCUT2D eigenvalue weighted by Crippen LogP contribution is -2.19. The van der Waals surface area contributed by atoms with Gasteiger partial charge in [-0.25, -0.2) is 0 Å². The summed E-state index contributed by atoms with van der Waals surface area (Å²) < 4.78 is 0. The van der Waals surface area contributed by atoms with Gasteiger partial charge in [0.25, 0.3) is 0 Å². The molecule has 0 saturated heterocycles. The van der Waals surface area contributed by atoms with Crippen LogP contribution in [-0.2, 0) is 4.79 Å². The van der Waals surface area contributed by atoms with E-state index < -0.39 is 0 Å². The van der Waals surface area contributed by atoms with Crippen molar-refractivity contribution in [3.63, 3.8) is 0 Å². The van der Waals surface area contributed by atoms with Crippen molar-refractivity contribution in [2.75, 3.05) is 13.1 Å². The fraction of sp³-hybridized carbons (Fsp3) is 0.500. The quantitative estimate of drug-likeness (QED) is 0.480. The number of rotatable bonds is 0. The van der Waals surface area contributed by atoms with Gasteiger partial charge in [0.1, 0.15) is 0 Å². The molecule has 0 fully saturated rings. The lowest BCUT2D eigenvalue weighted by Gasteiger charge is -1.91. The van der Waals surface area contributed by atoms with E-state index in [-0.39, 0.29) is 5.78 Å². The molecule has 1 rings (SSSR count). The molecule has 1 N–H and O–H groups in total. The normalized spacial score (nSPS) is 20.8. The van der Waals surface area contributed by atoms with Gasteiger partial charge < -0.3 is 5.32 Å². The van der Waals surface area contributed by atoms with Crippen molar-refractivity contribution in [3.8, 4) is 0 Å². The molecule has 0 aromatic rings. The van der Waals surface area contributed by atoms with Crippen LogP contribution >= 0.6 is 0 Å². The second kappa shape index (κ2) is 2.62. The van der Waals surface area contributed by atoms with Crippen molar-refractivity contribution in [2.45, 2.75) is 6.42 Å². The van der Waals surface area contributed by atoms with Gasteiger partial charge in [-0.05, 0) is 19.0 Å². The minimum atomic E-state index is 0.183. The fourth-order valence-electron chi connectivity index (χ4n) is 0.671. The highest BCUT2D eigenvalue weighted by molar-refractivity contribution is 5.91. The monoisotopic (exact) mass is 111 g/mol. The molecule has 0 spiro atoms. The molecular weight excluding hydrogens is 102 g/mol. The molecule has 0 amide bonds. The molecule has 0 atom stereocenters. The lowest BCUT2D eigenvalue weighted by atomic mass is 10.3. The Kier molecular flexibility index (Phi) is 1.80. The molecule has 0 aromatic heterocycles. The maximum atomic E-state index is 10.5. The first-order chi connectivity index (χ1) is 3.89. The Morgan fingerprint density at radius 3 is 3.38 bits per heavy atom. The van der Waals surface area contributed by atoms with Crippen LogP contribution in [0.5, 0.6) is 0 Å². The fourth-order valence-corrected chi connectivity index (χ4v) is 0.671. The lowest BCUT2D eigenvalue weighted by molar-refractivity contribution is -0.113. The van der Waals surface area contributed by atoms with Gasteiger partial charge in [-0.1, -0.05) is 6.08 Å². The summed E-state index contributed by atoms with van der Waals surface area (Å²) in [6.07, 6.45) is 4.52. The SMILES string of the molecule is O=C1C=CCCNC1. The van der Waals surface area contributed by atoms with Crippen LogP contribution in [0.4, 0.5) is 0 Å². The molecule has 0 aromatic carbocycles. The molecule has 0 unspecified atom stereocenters. The molecule has 1 aliphatic heterocycles. The Labute approximate surface area is 48.6 Å². The zero-order valence-electron chi connectivity index (χ0n) is 4.68. The first kappa shape index (κ1) is 5.51. The summed E-state index contributed by atoms with van der Waals surface area (Å²) in [5.41, 5.74) is 0. The Hall–Kier alpha value is -0.630. The van der Waals surface area contributed by atoms with E-state index in [0.717, 1.165) is 13.0 Å². The third kappa shape index (κ3) is 1.46. The summed E-state index contributed by atoms with van der Waals surface area (Å²) in [5.74, 6) is 0.183. The maximum Gasteiger partial charge on any atom is 0.169 e. The predicted octanol–water partition coefficient (Wildman–Crippen LogP) is 0.105. The topological polar surface area (TPSA) is 29.1 Å². The average Bonchev–Trinajstić information content (AvgIpc) is 1.94. The number of carbonyl (C=O) groups is 1. The molecule has 44 valence electrons. The highest BCUT2D eigenvalue weighted by Gasteiger charge is 1.97. The number of carbonyl (C=O) groups excluding carboxylic acids is 1. The highest BCUT2D eigenvalue weighted by atomic mass is 16.1. The van der Waals surface area contributed by atoms with Crippen molar-refractivity contribution in [1.29, 1.82) is 0 Å². The molecule has 8 heavy (non-hydrogen) atoms. The van der Waals surface area contributed by atoms with Crippen molar-refractivity contribution in [1.82, 2.24) is 5.32 Å². The van der Waals surface area contributed by atoms with Crippen LogP contribution in [0.25, 0.3) is 0 Å². The summed E-state index contributed by atoms with van der Waals surface area (Å²) in [5, 5.41) is 2.98. The summed E-state index contributed by atoms with van der Waals surface area (Å²) in [4.78, 5) is 10.5. The third-order valence-corrected chi connectivity index (χ3v) is 1.09. The van der Waals surface area contributed by atoms with Crippen molar-refractivity contribution >= 4 is 5.78 Å². The zero-order valence-corrected chi connectivity index (χ0v) is 4.68. The Bertz CT molecular complexity index is 118. The molecule has 0 saturated carbocycles. The van der Waals surface area contributed by atoms with Crippen LogP contribution in [0.3, 0.4) is 0 Å². The first-order valence-corrected chi connectivity index (χ1v) is 2.80. The number of nitrogens with one attached hydrogen (secondary N) is 1. The number of ketones is 1. The van der Waals surface area contributed by atoms with E-state index in [9.17, 15) is 4.79 Å². The van der Waals surface area contributed by atoms with E-state index in [0.29, 0.717) is 6.54 Å². The standard InChI is InChI=1S/C6H9NO/c8-6-3-1-2-4-7-5-6/h1,3,7H,2,4-5H2. The van der Waals surface area contributed by atoms with Gasteiger partial charge in [0.15, 0.2) is 5.78 Å². The van der Waals surface area contributed by atoms with Gasteiger partial charge in [0.05, 0.1) is 6.54 Å². The van der Waals surface area contributed by atoms with E-state index >= 15 is 0 Å². The Morgan fingerprint density at radius 2 is 2.50 bits per heavy atom. The second-order valence-corrected chi connectivity index (χ2v) is 1.83. The molecule has 1 aliphatic rings. The molecule has 2 nitrogen and oxygen atoms in total. The van der Waals surface area contributed by atoms with Crippen molar-refractivity contribution in [2.24, 2.45) is 0 Å². The van der Waals surface area contributed by atoms with Gasteiger partial charge in [-0.15, -0.1) is 0 Å². The predicted molar refractivity (Wildman–Crippen MR) is 31.6 cm³/mol. The minimum Gasteiger partial charge on any atom is -0.309 e. The Balaban J connectivity index is 2.44. The minimum absolute atomic E-state index is 0.183. The van der Waals surface area contributed by atoms with Crippen LogP contribution in [0.2, 0.25) is 0 Å². The summed E-state index contributed by atoms with van der Waals surface area (Å²) >= 11 is 0. The van der Waals surface area contributed by atoms with E-state index in [4.69, 9.17) is 0 Å². The van der Waals surface area contributed by atoms with Crippen LogP contribution in [0, 0.1) is 0 Å². The van der Waals surface area contributed by atoms with E-state index in [2.05, 4.69) is 5.32 Å². The molecule has 0 radical (unpaired) electrons. The van der Waals surface area contributed by atoms with Crippen molar-refractivity contribution < 1.29 is 4.79 Å². The average molecular weight is 111 g/mol. The smallest absolute Gasteiger partial charge is 0.169 e. The van der Waals surface area contributed by atoms with Gasteiger partial charge >= 0.3 is 0 Å². The Morgan fingerprint density at radius 1 is 1.62 bits per heavy atom. The first-order valence-electron chi connectivity index (χ1n) is 2.80. The molecule has 1 heterocycles. The van der Waals surface area contributed by atoms with E-state index in [1.165, 1.54) is 0 Å². The summed E-state index contributed by atoms with van der Waals surface area (Å²) in [7, 11) is 0. The van der Waals surface area contributed by atoms with Gasteiger partial charge in [0.2, 0.25) is 0 Å². The molecule has 2 heteroatoms. The second-order valence-electron chi connectivity index (χ2n) is 1.83. The largest absolute Gasteiger partial charge is 0.309 e. The van der Waals surface area contributed by atoms with Gasteiger partial charge in [-0.3, -0.25) is 4.79 Å². The van der Waals surface area contributed by atoms with Crippen LogP contribution < -0.4 is 5.32 Å². The molecular formula is C6H9NO. The van der Waals surface area contributed by atoms with E-state index in [1.54, 1.807) is 6.08 Å². The third-order valence-electron chi connectivity index (χ3n) is 1.09. The van der Waals surface area contributed by atoms with Crippen molar-refractivity contribution in [3.05, 3.63) is 12.2 Å². The number of hydrogen-bond acceptors (Lipinski definition) is 2.